The zero-order valence-corrected chi connectivity index (χ0v) is 16.1. The Morgan fingerprint density at radius 1 is 1.15 bits per heavy atom. The molecule has 27 heavy (non-hydrogen) atoms. The smallest absolute Gasteiger partial charge is 0.251 e. The summed E-state index contributed by atoms with van der Waals surface area (Å²) in [5.74, 6) is -0.0536. The van der Waals surface area contributed by atoms with Crippen LogP contribution in [0.1, 0.15) is 23.7 Å². The molecule has 3 aromatic rings. The number of nitrogens with two attached hydrogens (primary N) is 1. The number of para-hydroxylation sites is 1. The van der Waals surface area contributed by atoms with Gasteiger partial charge in [0.2, 0.25) is 0 Å². The molecular formula is C22H26N4O. The molecule has 0 fully saturated rings. The molecule has 1 aromatic heterocycles. The van der Waals surface area contributed by atoms with Crippen molar-refractivity contribution in [3.05, 3.63) is 60.3 Å². The minimum Gasteiger partial charge on any atom is -0.398 e. The Labute approximate surface area is 160 Å². The first-order valence-electron chi connectivity index (χ1n) is 9.19. The molecule has 0 unspecified atom stereocenters. The molecular weight excluding hydrogens is 336 g/mol. The standard InChI is InChI=1S/C22H26N4O/c1-4-17(26(2)3)14-25-22(27)16-10-8-15(9-11-16)18-6-5-7-19-20(23)12-13-24-21(18)19/h5-13,17H,4,14H2,1-3H3,(H2,23,24)(H,25,27)/t17-/m1/s1. The number of hydrogen-bond acceptors (Lipinski definition) is 4. The normalized spacial score (nSPS) is 12.3. The first-order valence-corrected chi connectivity index (χ1v) is 9.19. The van der Waals surface area contributed by atoms with E-state index in [2.05, 4.69) is 22.1 Å². The average Bonchev–Trinajstić information content (AvgIpc) is 2.68. The number of nitrogens with zero attached hydrogens (tertiary/aromatic N) is 2. The van der Waals surface area contributed by atoms with Crippen LogP contribution in [0.3, 0.4) is 0 Å². The van der Waals surface area contributed by atoms with Crippen LogP contribution in [-0.4, -0.2) is 42.5 Å². The lowest BCUT2D eigenvalue weighted by atomic mass is 10.00. The predicted octanol–water partition coefficient (Wildman–Crippen LogP) is 3.55. The van der Waals surface area contributed by atoms with E-state index in [4.69, 9.17) is 5.73 Å². The van der Waals surface area contributed by atoms with E-state index in [1.54, 1.807) is 12.3 Å². The quantitative estimate of drug-likeness (QED) is 0.703. The van der Waals surface area contributed by atoms with Crippen molar-refractivity contribution in [2.75, 3.05) is 26.4 Å². The zero-order chi connectivity index (χ0) is 19.4. The summed E-state index contributed by atoms with van der Waals surface area (Å²) < 4.78 is 0. The number of fused-ring (bicyclic) bond motifs is 1. The van der Waals surface area contributed by atoms with Crippen LogP contribution in [-0.2, 0) is 0 Å². The summed E-state index contributed by atoms with van der Waals surface area (Å²) in [5, 5.41) is 3.95. The number of rotatable bonds is 6. The molecule has 5 nitrogen and oxygen atoms in total. The first-order chi connectivity index (χ1) is 13.0. The minimum atomic E-state index is -0.0536. The third-order valence-electron chi connectivity index (χ3n) is 4.96. The number of likely N-dealkylation sites (N-methyl/N-ethyl adjacent to an activating group) is 1. The minimum absolute atomic E-state index is 0.0536. The summed E-state index contributed by atoms with van der Waals surface area (Å²) in [5.41, 5.74) is 10.3. The number of benzene rings is 2. The molecule has 0 bridgehead atoms. The summed E-state index contributed by atoms with van der Waals surface area (Å²) in [4.78, 5) is 19.0. The van der Waals surface area contributed by atoms with Gasteiger partial charge in [-0.05, 0) is 44.3 Å². The van der Waals surface area contributed by atoms with E-state index in [1.807, 2.05) is 56.6 Å². The maximum Gasteiger partial charge on any atom is 0.251 e. The van der Waals surface area contributed by atoms with Gasteiger partial charge in [-0.25, -0.2) is 0 Å². The fraction of sp³-hybridized carbons (Fsp3) is 0.273. The Kier molecular flexibility index (Phi) is 5.72. The molecule has 0 saturated carbocycles. The molecule has 0 radical (unpaired) electrons. The van der Waals surface area contributed by atoms with E-state index in [1.165, 1.54) is 0 Å². The molecule has 0 saturated heterocycles. The number of pyridine rings is 1. The fourth-order valence-corrected chi connectivity index (χ4v) is 3.24. The molecule has 140 valence electrons. The lowest BCUT2D eigenvalue weighted by molar-refractivity contribution is 0.0941. The number of hydrogen-bond donors (Lipinski definition) is 2. The van der Waals surface area contributed by atoms with Gasteiger partial charge in [-0.2, -0.15) is 0 Å². The van der Waals surface area contributed by atoms with Crippen molar-refractivity contribution >= 4 is 22.5 Å². The molecule has 1 heterocycles. The largest absolute Gasteiger partial charge is 0.398 e. The van der Waals surface area contributed by atoms with Crippen LogP contribution in [0.2, 0.25) is 0 Å². The third-order valence-corrected chi connectivity index (χ3v) is 4.96. The maximum atomic E-state index is 12.4. The van der Waals surface area contributed by atoms with Gasteiger partial charge in [-0.1, -0.05) is 37.3 Å². The van der Waals surface area contributed by atoms with Gasteiger partial charge in [0.05, 0.1) is 5.52 Å². The number of carbonyl (C=O) groups is 1. The molecule has 1 amide bonds. The number of aromatic nitrogens is 1. The Hall–Kier alpha value is -2.92. The van der Waals surface area contributed by atoms with Gasteiger partial charge in [0, 0.05) is 41.0 Å². The molecule has 3 rings (SSSR count). The molecule has 0 aliphatic carbocycles. The van der Waals surface area contributed by atoms with Crippen molar-refractivity contribution in [2.45, 2.75) is 19.4 Å². The number of amides is 1. The second kappa shape index (κ2) is 8.18. The second-order valence-corrected chi connectivity index (χ2v) is 6.91. The molecule has 0 aliphatic heterocycles. The van der Waals surface area contributed by atoms with E-state index in [0.29, 0.717) is 23.8 Å². The van der Waals surface area contributed by atoms with Gasteiger partial charge in [0.15, 0.2) is 0 Å². The predicted molar refractivity (Wildman–Crippen MR) is 112 cm³/mol. The maximum absolute atomic E-state index is 12.4. The Balaban J connectivity index is 1.80. The van der Waals surface area contributed by atoms with Crippen LogP contribution in [0.5, 0.6) is 0 Å². The molecule has 0 spiro atoms. The Morgan fingerprint density at radius 2 is 1.89 bits per heavy atom. The highest BCUT2D eigenvalue weighted by molar-refractivity contribution is 6.00. The summed E-state index contributed by atoms with van der Waals surface area (Å²) in [7, 11) is 4.06. The highest BCUT2D eigenvalue weighted by Gasteiger charge is 2.12. The van der Waals surface area contributed by atoms with Crippen molar-refractivity contribution in [1.82, 2.24) is 15.2 Å². The van der Waals surface area contributed by atoms with Crippen molar-refractivity contribution < 1.29 is 4.79 Å². The number of nitrogens with one attached hydrogen (secondary N) is 1. The third kappa shape index (κ3) is 4.09. The topological polar surface area (TPSA) is 71.2 Å². The van der Waals surface area contributed by atoms with Gasteiger partial charge in [-0.3, -0.25) is 9.78 Å². The van der Waals surface area contributed by atoms with Crippen LogP contribution in [0, 0.1) is 0 Å². The van der Waals surface area contributed by atoms with E-state index >= 15 is 0 Å². The van der Waals surface area contributed by atoms with E-state index in [-0.39, 0.29) is 5.91 Å². The van der Waals surface area contributed by atoms with E-state index < -0.39 is 0 Å². The summed E-state index contributed by atoms with van der Waals surface area (Å²) >= 11 is 0. The van der Waals surface area contributed by atoms with Crippen LogP contribution in [0.25, 0.3) is 22.0 Å². The van der Waals surface area contributed by atoms with Crippen LogP contribution < -0.4 is 11.1 Å². The van der Waals surface area contributed by atoms with Crippen LogP contribution in [0.4, 0.5) is 5.69 Å². The number of carbonyl (C=O) groups excluding carboxylic acids is 1. The Morgan fingerprint density at radius 3 is 2.56 bits per heavy atom. The summed E-state index contributed by atoms with van der Waals surface area (Å²) in [6.07, 6.45) is 2.71. The molecule has 3 N–H and O–H groups in total. The van der Waals surface area contributed by atoms with Crippen molar-refractivity contribution in [3.63, 3.8) is 0 Å². The van der Waals surface area contributed by atoms with Gasteiger partial charge >= 0.3 is 0 Å². The van der Waals surface area contributed by atoms with E-state index in [9.17, 15) is 4.79 Å². The summed E-state index contributed by atoms with van der Waals surface area (Å²) in [6, 6.07) is 15.7. The van der Waals surface area contributed by atoms with Crippen molar-refractivity contribution in [1.29, 1.82) is 0 Å². The molecule has 5 heteroatoms. The molecule has 0 aliphatic rings. The van der Waals surface area contributed by atoms with Gasteiger partial charge in [0.25, 0.3) is 5.91 Å². The first kappa shape index (κ1) is 18.9. The van der Waals surface area contributed by atoms with Crippen molar-refractivity contribution in [3.8, 4) is 11.1 Å². The summed E-state index contributed by atoms with van der Waals surface area (Å²) in [6.45, 7) is 2.76. The second-order valence-electron chi connectivity index (χ2n) is 6.91. The number of nitrogen functional groups attached to an aromatic ring is 1. The average molecular weight is 362 g/mol. The van der Waals surface area contributed by atoms with E-state index in [0.717, 1.165) is 28.5 Å². The fourth-order valence-electron chi connectivity index (χ4n) is 3.24. The van der Waals surface area contributed by atoms with Gasteiger partial charge < -0.3 is 16.0 Å². The number of anilines is 1. The highest BCUT2D eigenvalue weighted by Crippen LogP contribution is 2.29. The van der Waals surface area contributed by atoms with Gasteiger partial charge in [-0.15, -0.1) is 0 Å². The van der Waals surface area contributed by atoms with Gasteiger partial charge in [0.1, 0.15) is 0 Å². The SMILES string of the molecule is CC[C@H](CNC(=O)c1ccc(-c2cccc3c(N)ccnc23)cc1)N(C)C. The lowest BCUT2D eigenvalue weighted by Crippen LogP contribution is -2.39. The van der Waals surface area contributed by atoms with Crippen molar-refractivity contribution in [2.24, 2.45) is 0 Å². The molecule has 1 atom stereocenters. The monoisotopic (exact) mass is 362 g/mol. The van der Waals surface area contributed by atoms with Crippen LogP contribution in [0.15, 0.2) is 54.7 Å². The Bertz CT molecular complexity index is 935. The lowest BCUT2D eigenvalue weighted by Gasteiger charge is -2.23. The zero-order valence-electron chi connectivity index (χ0n) is 16.1. The highest BCUT2D eigenvalue weighted by atomic mass is 16.1. The molecule has 2 aromatic carbocycles. The van der Waals surface area contributed by atoms with Crippen LogP contribution >= 0.6 is 0 Å².